The third-order valence-corrected chi connectivity index (χ3v) is 9.32. The Bertz CT molecular complexity index is 1450. The molecule has 4 rings (SSSR count). The number of benzene rings is 3. The molecule has 44 heavy (non-hydrogen) atoms. The normalized spacial score (nSPS) is 14.5. The molecule has 3 aromatic rings. The van der Waals surface area contributed by atoms with Gasteiger partial charge in [-0.3, -0.25) is 9.59 Å². The lowest BCUT2D eigenvalue weighted by Gasteiger charge is -2.31. The van der Waals surface area contributed by atoms with Crippen LogP contribution in [0.3, 0.4) is 0 Å². The van der Waals surface area contributed by atoms with E-state index in [1.165, 1.54) is 45.6 Å². The van der Waals surface area contributed by atoms with Crippen molar-refractivity contribution in [1.82, 2.24) is 14.5 Å². The number of nitrogens with one attached hydrogen (secondary N) is 1. The summed E-state index contributed by atoms with van der Waals surface area (Å²) >= 11 is 0. The Morgan fingerprint density at radius 1 is 0.955 bits per heavy atom. The first-order valence-corrected chi connectivity index (χ1v) is 16.4. The molecule has 1 heterocycles. The van der Waals surface area contributed by atoms with Crippen LogP contribution in [-0.2, 0) is 37.3 Å². The van der Waals surface area contributed by atoms with Crippen molar-refractivity contribution in [2.24, 2.45) is 0 Å². The van der Waals surface area contributed by atoms with Gasteiger partial charge < -0.3 is 19.7 Å². The number of rotatable bonds is 15. The number of carbonyl (C=O) groups excluding carboxylic acids is 2. The molecular weight excluding hydrogens is 585 g/mol. The molecule has 1 fully saturated rings. The number of sulfonamides is 1. The van der Waals surface area contributed by atoms with Gasteiger partial charge >= 0.3 is 0 Å². The first kappa shape index (κ1) is 33.1. The zero-order chi connectivity index (χ0) is 31.4. The SMILES string of the molecule is CCCCCNC(=O)[C@H](Cc1ccccc1)N(Cc1ccc(F)cc1)C(=O)COc1ccc(S(=O)(=O)N2CCOCC2)cc1. The summed E-state index contributed by atoms with van der Waals surface area (Å²) < 4.78 is 52.0. The summed E-state index contributed by atoms with van der Waals surface area (Å²) in [5.41, 5.74) is 1.55. The van der Waals surface area contributed by atoms with Crippen molar-refractivity contribution in [2.75, 3.05) is 39.5 Å². The Morgan fingerprint density at radius 3 is 2.30 bits per heavy atom. The van der Waals surface area contributed by atoms with E-state index in [9.17, 15) is 22.4 Å². The Hall–Kier alpha value is -3.80. The fourth-order valence-electron chi connectivity index (χ4n) is 4.92. The Kier molecular flexibility index (Phi) is 12.3. The van der Waals surface area contributed by atoms with Crippen LogP contribution in [0.15, 0.2) is 83.8 Å². The zero-order valence-electron chi connectivity index (χ0n) is 25.0. The van der Waals surface area contributed by atoms with Crippen LogP contribution in [0.2, 0.25) is 0 Å². The molecule has 1 aliphatic rings. The smallest absolute Gasteiger partial charge is 0.261 e. The molecule has 2 amide bonds. The van der Waals surface area contributed by atoms with Gasteiger partial charge in [-0.25, -0.2) is 12.8 Å². The summed E-state index contributed by atoms with van der Waals surface area (Å²) in [5, 5.41) is 2.99. The van der Waals surface area contributed by atoms with Gasteiger partial charge in [0.1, 0.15) is 17.6 Å². The van der Waals surface area contributed by atoms with Crippen molar-refractivity contribution in [1.29, 1.82) is 0 Å². The molecule has 1 aliphatic heterocycles. The van der Waals surface area contributed by atoms with E-state index in [1.807, 2.05) is 30.3 Å². The highest BCUT2D eigenvalue weighted by Crippen LogP contribution is 2.21. The minimum atomic E-state index is -3.67. The quantitative estimate of drug-likeness (QED) is 0.254. The summed E-state index contributed by atoms with van der Waals surface area (Å²) in [5.74, 6) is -0.810. The molecule has 0 bridgehead atoms. The van der Waals surface area contributed by atoms with Gasteiger partial charge in [0.25, 0.3) is 5.91 Å². The van der Waals surface area contributed by atoms with Gasteiger partial charge in [-0.2, -0.15) is 4.31 Å². The van der Waals surface area contributed by atoms with Crippen molar-refractivity contribution in [3.8, 4) is 5.75 Å². The Balaban J connectivity index is 1.52. The molecule has 1 N–H and O–H groups in total. The van der Waals surface area contributed by atoms with Crippen LogP contribution < -0.4 is 10.1 Å². The number of halogens is 1. The zero-order valence-corrected chi connectivity index (χ0v) is 25.8. The number of nitrogens with zero attached hydrogens (tertiary/aromatic N) is 2. The van der Waals surface area contributed by atoms with E-state index in [2.05, 4.69) is 12.2 Å². The minimum Gasteiger partial charge on any atom is -0.484 e. The molecule has 9 nitrogen and oxygen atoms in total. The molecule has 1 atom stereocenters. The molecule has 0 saturated carbocycles. The number of hydrogen-bond acceptors (Lipinski definition) is 6. The minimum absolute atomic E-state index is 0.0685. The highest BCUT2D eigenvalue weighted by molar-refractivity contribution is 7.89. The summed E-state index contributed by atoms with van der Waals surface area (Å²) in [6, 6.07) is 20.3. The van der Waals surface area contributed by atoms with E-state index in [1.54, 1.807) is 12.1 Å². The number of amides is 2. The second kappa shape index (κ2) is 16.3. The second-order valence-corrected chi connectivity index (χ2v) is 12.6. The maximum atomic E-state index is 13.8. The summed E-state index contributed by atoms with van der Waals surface area (Å²) in [7, 11) is -3.67. The Labute approximate surface area is 259 Å². The van der Waals surface area contributed by atoms with Gasteiger partial charge in [0.05, 0.1) is 18.1 Å². The van der Waals surface area contributed by atoms with E-state index in [0.717, 1.165) is 24.8 Å². The van der Waals surface area contributed by atoms with Crippen LogP contribution >= 0.6 is 0 Å². The average Bonchev–Trinajstić information content (AvgIpc) is 3.05. The maximum absolute atomic E-state index is 13.8. The maximum Gasteiger partial charge on any atom is 0.261 e. The van der Waals surface area contributed by atoms with Crippen molar-refractivity contribution in [2.45, 2.75) is 50.1 Å². The molecule has 0 aromatic heterocycles. The standard InChI is InChI=1S/C33H40FN3O6S/c1-2-3-7-18-35-33(39)31(23-26-8-5-4-6-9-26)37(24-27-10-12-28(34)13-11-27)32(38)25-43-29-14-16-30(17-15-29)44(40,41)36-19-21-42-22-20-36/h4-6,8-17,31H,2-3,7,18-25H2,1H3,(H,35,39)/t31-/m0/s1. The monoisotopic (exact) mass is 625 g/mol. The highest BCUT2D eigenvalue weighted by Gasteiger charge is 2.31. The third-order valence-electron chi connectivity index (χ3n) is 7.41. The van der Waals surface area contributed by atoms with Crippen LogP contribution in [0.5, 0.6) is 5.75 Å². The number of morpholine rings is 1. The van der Waals surface area contributed by atoms with Crippen molar-refractivity contribution in [3.63, 3.8) is 0 Å². The predicted octanol–water partition coefficient (Wildman–Crippen LogP) is 4.17. The van der Waals surface area contributed by atoms with E-state index in [0.29, 0.717) is 31.1 Å². The first-order chi connectivity index (χ1) is 21.3. The topological polar surface area (TPSA) is 105 Å². The van der Waals surface area contributed by atoms with E-state index in [4.69, 9.17) is 9.47 Å². The molecule has 0 unspecified atom stereocenters. The first-order valence-electron chi connectivity index (χ1n) is 14.9. The van der Waals surface area contributed by atoms with Gasteiger partial charge in [-0.15, -0.1) is 0 Å². The van der Waals surface area contributed by atoms with Crippen LogP contribution in [0.25, 0.3) is 0 Å². The van der Waals surface area contributed by atoms with Crippen LogP contribution in [-0.4, -0.2) is 74.9 Å². The number of unbranched alkanes of at least 4 members (excludes halogenated alkanes) is 2. The predicted molar refractivity (Wildman–Crippen MR) is 165 cm³/mol. The summed E-state index contributed by atoms with van der Waals surface area (Å²) in [4.78, 5) is 28.9. The largest absolute Gasteiger partial charge is 0.484 e. The van der Waals surface area contributed by atoms with Gasteiger partial charge in [0.2, 0.25) is 15.9 Å². The molecule has 3 aromatic carbocycles. The Morgan fingerprint density at radius 2 is 1.64 bits per heavy atom. The van der Waals surface area contributed by atoms with Crippen molar-refractivity contribution >= 4 is 21.8 Å². The number of carbonyl (C=O) groups is 2. The lowest BCUT2D eigenvalue weighted by Crippen LogP contribution is -2.51. The molecule has 236 valence electrons. The molecule has 0 spiro atoms. The van der Waals surface area contributed by atoms with Crippen LogP contribution in [0.4, 0.5) is 4.39 Å². The van der Waals surface area contributed by atoms with Crippen LogP contribution in [0, 0.1) is 5.82 Å². The molecule has 0 aliphatic carbocycles. The lowest BCUT2D eigenvalue weighted by atomic mass is 10.0. The third kappa shape index (κ3) is 9.35. The fourth-order valence-corrected chi connectivity index (χ4v) is 6.32. The number of hydrogen-bond donors (Lipinski definition) is 1. The molecule has 0 radical (unpaired) electrons. The highest BCUT2D eigenvalue weighted by atomic mass is 32.2. The lowest BCUT2D eigenvalue weighted by molar-refractivity contribution is -0.142. The van der Waals surface area contributed by atoms with Crippen molar-refractivity contribution in [3.05, 3.63) is 95.8 Å². The summed E-state index contributed by atoms with van der Waals surface area (Å²) in [6.07, 6.45) is 3.09. The van der Waals surface area contributed by atoms with Gasteiger partial charge in [0, 0.05) is 32.6 Å². The van der Waals surface area contributed by atoms with E-state index in [-0.39, 0.29) is 43.5 Å². The fraction of sp³-hybridized carbons (Fsp3) is 0.394. The van der Waals surface area contributed by atoms with Gasteiger partial charge in [-0.1, -0.05) is 62.2 Å². The van der Waals surface area contributed by atoms with Gasteiger partial charge in [-0.05, 0) is 53.9 Å². The number of ether oxygens (including phenoxy) is 2. The molecule has 1 saturated heterocycles. The molecule has 11 heteroatoms. The van der Waals surface area contributed by atoms with Crippen LogP contribution in [0.1, 0.15) is 37.3 Å². The average molecular weight is 626 g/mol. The van der Waals surface area contributed by atoms with E-state index >= 15 is 0 Å². The van der Waals surface area contributed by atoms with Gasteiger partial charge in [0.15, 0.2) is 6.61 Å². The second-order valence-electron chi connectivity index (χ2n) is 10.6. The van der Waals surface area contributed by atoms with Crippen molar-refractivity contribution < 1.29 is 31.9 Å². The molecular formula is C33H40FN3O6S. The van der Waals surface area contributed by atoms with E-state index < -0.39 is 27.8 Å². The summed E-state index contributed by atoms with van der Waals surface area (Å²) in [6.45, 7) is 3.53.